The molecule has 1 amide bonds. The first-order chi connectivity index (χ1) is 11.2. The van der Waals surface area contributed by atoms with E-state index >= 15 is 0 Å². The highest BCUT2D eigenvalue weighted by Gasteiger charge is 2.21. The predicted octanol–water partition coefficient (Wildman–Crippen LogP) is 2.33. The van der Waals surface area contributed by atoms with Crippen LogP contribution in [-0.4, -0.2) is 39.6 Å². The van der Waals surface area contributed by atoms with Crippen molar-refractivity contribution in [1.29, 1.82) is 0 Å². The Morgan fingerprint density at radius 2 is 2.35 bits per heavy atom. The number of carbonyl (C=O) groups is 1. The fourth-order valence-corrected chi connectivity index (χ4v) is 4.05. The molecule has 2 atom stereocenters. The first kappa shape index (κ1) is 16.3. The molecule has 1 fully saturated rings. The fourth-order valence-electron chi connectivity index (χ4n) is 3.10. The Balaban J connectivity index is 1.70. The van der Waals surface area contributed by atoms with Crippen LogP contribution in [0.3, 0.4) is 0 Å². The monoisotopic (exact) mass is 332 g/mol. The number of carbonyl (C=O) groups excluding carboxylic acids is 1. The lowest BCUT2D eigenvalue weighted by molar-refractivity contribution is -0.122. The number of aromatic nitrogens is 2. The maximum Gasteiger partial charge on any atom is 0.222 e. The Morgan fingerprint density at radius 1 is 1.52 bits per heavy atom. The highest BCUT2D eigenvalue weighted by molar-refractivity contribution is 7.99. The third-order valence-corrected chi connectivity index (χ3v) is 5.33. The van der Waals surface area contributed by atoms with Gasteiger partial charge >= 0.3 is 0 Å². The number of para-hydroxylation sites is 2. The van der Waals surface area contributed by atoms with E-state index in [1.54, 1.807) is 0 Å². The van der Waals surface area contributed by atoms with Crippen molar-refractivity contribution in [3.63, 3.8) is 0 Å². The van der Waals surface area contributed by atoms with Crippen molar-refractivity contribution in [2.75, 3.05) is 18.1 Å². The average molecular weight is 332 g/mol. The summed E-state index contributed by atoms with van der Waals surface area (Å²) in [6, 6.07) is 8.30. The molecule has 6 heteroatoms. The summed E-state index contributed by atoms with van der Waals surface area (Å²) in [4.78, 5) is 17.0. The van der Waals surface area contributed by atoms with Crippen LogP contribution in [0.4, 0.5) is 0 Å². The van der Waals surface area contributed by atoms with Crippen LogP contribution in [0.2, 0.25) is 0 Å². The average Bonchev–Trinajstić information content (AvgIpc) is 2.94. The number of amides is 1. The summed E-state index contributed by atoms with van der Waals surface area (Å²) in [5, 5.41) is 6.51. The molecule has 2 N–H and O–H groups in total. The van der Waals surface area contributed by atoms with Crippen LogP contribution in [0.1, 0.15) is 32.1 Å². The van der Waals surface area contributed by atoms with E-state index in [1.807, 2.05) is 36.9 Å². The molecular weight excluding hydrogens is 308 g/mol. The molecule has 2 aromatic rings. The maximum absolute atomic E-state index is 12.3. The number of nitrogens with one attached hydrogen (secondary N) is 2. The minimum absolute atomic E-state index is 0.0900. The number of nitrogens with zero attached hydrogens (tertiary/aromatic N) is 2. The van der Waals surface area contributed by atoms with Crippen LogP contribution in [0.5, 0.6) is 0 Å². The Labute approximate surface area is 141 Å². The highest BCUT2D eigenvalue weighted by Crippen LogP contribution is 2.21. The molecular formula is C17H24N4OS. The topological polar surface area (TPSA) is 59.0 Å². The summed E-state index contributed by atoms with van der Waals surface area (Å²) in [7, 11) is 0. The molecule has 23 heavy (non-hydrogen) atoms. The van der Waals surface area contributed by atoms with Crippen molar-refractivity contribution in [2.24, 2.45) is 0 Å². The number of aryl methyl sites for hydroxylation is 1. The molecule has 0 radical (unpaired) electrons. The highest BCUT2D eigenvalue weighted by atomic mass is 32.2. The molecule has 0 saturated carbocycles. The van der Waals surface area contributed by atoms with Gasteiger partial charge in [0.25, 0.3) is 0 Å². The fraction of sp³-hybridized carbons (Fsp3) is 0.529. The second kappa shape index (κ2) is 7.36. The molecule has 1 aromatic carbocycles. The smallest absolute Gasteiger partial charge is 0.222 e. The number of hydrogen-bond donors (Lipinski definition) is 2. The molecule has 2 heterocycles. The number of thioether (sulfide) groups is 1. The van der Waals surface area contributed by atoms with E-state index in [-0.39, 0.29) is 18.0 Å². The van der Waals surface area contributed by atoms with E-state index in [2.05, 4.69) is 28.2 Å². The van der Waals surface area contributed by atoms with Crippen LogP contribution in [0, 0.1) is 0 Å². The lowest BCUT2D eigenvalue weighted by atomic mass is 10.2. The molecule has 0 spiro atoms. The summed E-state index contributed by atoms with van der Waals surface area (Å²) in [6.45, 7) is 5.95. The largest absolute Gasteiger partial charge is 0.346 e. The van der Waals surface area contributed by atoms with Crippen molar-refractivity contribution < 1.29 is 4.79 Å². The van der Waals surface area contributed by atoms with Gasteiger partial charge in [0.2, 0.25) is 5.91 Å². The Bertz CT molecular complexity index is 678. The summed E-state index contributed by atoms with van der Waals surface area (Å²) in [5.41, 5.74) is 2.10. The van der Waals surface area contributed by atoms with Crippen LogP contribution in [0.25, 0.3) is 11.0 Å². The van der Waals surface area contributed by atoms with Gasteiger partial charge in [0.05, 0.1) is 17.1 Å². The van der Waals surface area contributed by atoms with Crippen molar-refractivity contribution in [3.8, 4) is 0 Å². The van der Waals surface area contributed by atoms with Gasteiger partial charge in [-0.1, -0.05) is 12.1 Å². The van der Waals surface area contributed by atoms with Gasteiger partial charge in [-0.2, -0.15) is 11.8 Å². The minimum atomic E-state index is -0.0916. The number of rotatable bonds is 5. The van der Waals surface area contributed by atoms with Gasteiger partial charge in [-0.05, 0) is 26.0 Å². The van der Waals surface area contributed by atoms with E-state index in [0.717, 1.165) is 41.5 Å². The van der Waals surface area contributed by atoms with Gasteiger partial charge in [-0.25, -0.2) is 4.98 Å². The molecule has 1 aliphatic rings. The SMILES string of the molecule is CCn1c(C(C)NC(=O)CC2CSCCN2)nc2ccccc21. The van der Waals surface area contributed by atoms with E-state index in [9.17, 15) is 4.79 Å². The van der Waals surface area contributed by atoms with Gasteiger partial charge in [0.15, 0.2) is 0 Å². The second-order valence-electron chi connectivity index (χ2n) is 5.92. The zero-order chi connectivity index (χ0) is 16.2. The molecule has 0 aliphatic carbocycles. The molecule has 5 nitrogen and oxygen atoms in total. The zero-order valence-electron chi connectivity index (χ0n) is 13.7. The Kier molecular flexibility index (Phi) is 5.23. The lowest BCUT2D eigenvalue weighted by Crippen LogP contribution is -2.41. The number of fused-ring (bicyclic) bond motifs is 1. The van der Waals surface area contributed by atoms with Gasteiger partial charge in [0, 0.05) is 37.1 Å². The molecule has 1 aromatic heterocycles. The van der Waals surface area contributed by atoms with Crippen LogP contribution in [0.15, 0.2) is 24.3 Å². The van der Waals surface area contributed by atoms with Gasteiger partial charge < -0.3 is 15.2 Å². The summed E-state index contributed by atoms with van der Waals surface area (Å²) < 4.78 is 2.18. The summed E-state index contributed by atoms with van der Waals surface area (Å²) in [5.74, 6) is 3.16. The van der Waals surface area contributed by atoms with Crippen molar-refractivity contribution in [3.05, 3.63) is 30.1 Å². The Morgan fingerprint density at radius 3 is 3.09 bits per heavy atom. The quantitative estimate of drug-likeness (QED) is 0.882. The molecule has 124 valence electrons. The van der Waals surface area contributed by atoms with E-state index < -0.39 is 0 Å². The second-order valence-corrected chi connectivity index (χ2v) is 7.07. The maximum atomic E-state index is 12.3. The molecule has 1 saturated heterocycles. The molecule has 1 aliphatic heterocycles. The van der Waals surface area contributed by atoms with E-state index in [4.69, 9.17) is 4.98 Å². The first-order valence-electron chi connectivity index (χ1n) is 8.24. The molecule has 0 bridgehead atoms. The Hall–Kier alpha value is -1.53. The normalized spacial score (nSPS) is 19.7. The van der Waals surface area contributed by atoms with Gasteiger partial charge in [-0.3, -0.25) is 4.79 Å². The number of benzene rings is 1. The van der Waals surface area contributed by atoms with E-state index in [1.165, 1.54) is 0 Å². The number of imidazole rings is 1. The third-order valence-electron chi connectivity index (χ3n) is 4.20. The predicted molar refractivity (Wildman–Crippen MR) is 95.7 cm³/mol. The van der Waals surface area contributed by atoms with Crippen molar-refractivity contribution >= 4 is 28.7 Å². The van der Waals surface area contributed by atoms with E-state index in [0.29, 0.717) is 6.42 Å². The standard InChI is InChI=1S/C17H24N4OS/c1-3-21-15-7-5-4-6-14(15)20-17(21)12(2)19-16(22)10-13-11-23-9-8-18-13/h4-7,12-13,18H,3,8-11H2,1-2H3,(H,19,22). The van der Waals surface area contributed by atoms with Crippen LogP contribution < -0.4 is 10.6 Å². The van der Waals surface area contributed by atoms with Gasteiger partial charge in [-0.15, -0.1) is 0 Å². The first-order valence-corrected chi connectivity index (χ1v) is 9.40. The summed E-state index contributed by atoms with van der Waals surface area (Å²) >= 11 is 1.91. The third kappa shape index (κ3) is 3.70. The van der Waals surface area contributed by atoms with Crippen molar-refractivity contribution in [1.82, 2.24) is 20.2 Å². The summed E-state index contributed by atoms with van der Waals surface area (Å²) in [6.07, 6.45) is 0.531. The lowest BCUT2D eigenvalue weighted by Gasteiger charge is -2.23. The van der Waals surface area contributed by atoms with Crippen LogP contribution >= 0.6 is 11.8 Å². The van der Waals surface area contributed by atoms with Gasteiger partial charge in [0.1, 0.15) is 5.82 Å². The van der Waals surface area contributed by atoms with Crippen molar-refractivity contribution in [2.45, 2.75) is 38.9 Å². The zero-order valence-corrected chi connectivity index (χ0v) is 14.5. The minimum Gasteiger partial charge on any atom is -0.346 e. The van der Waals surface area contributed by atoms with Crippen LogP contribution in [-0.2, 0) is 11.3 Å². The molecule has 2 unspecified atom stereocenters. The molecule has 3 rings (SSSR count). The number of hydrogen-bond acceptors (Lipinski definition) is 4.